The van der Waals surface area contributed by atoms with Gasteiger partial charge in [0.1, 0.15) is 0 Å². The summed E-state index contributed by atoms with van der Waals surface area (Å²) in [5.41, 5.74) is 10.5. The highest BCUT2D eigenvalue weighted by Gasteiger charge is 2.48. The van der Waals surface area contributed by atoms with Crippen molar-refractivity contribution >= 4 is 46.3 Å². The second-order valence-corrected chi connectivity index (χ2v) is 9.04. The Morgan fingerprint density at radius 1 is 1.09 bits per heavy atom. The number of hydrogen-bond donors (Lipinski definition) is 4. The lowest BCUT2D eigenvalue weighted by molar-refractivity contribution is -0.169. The van der Waals surface area contributed by atoms with Crippen molar-refractivity contribution in [2.24, 2.45) is 16.5 Å². The Morgan fingerprint density at radius 2 is 1.76 bits per heavy atom. The molecular formula is C24H30IN5O4. The summed E-state index contributed by atoms with van der Waals surface area (Å²) in [6.45, 7) is 1.49. The quantitative estimate of drug-likeness (QED) is 0.0990. The van der Waals surface area contributed by atoms with Crippen LogP contribution in [-0.2, 0) is 27.3 Å². The summed E-state index contributed by atoms with van der Waals surface area (Å²) < 4.78 is 0.980. The third-order valence-electron chi connectivity index (χ3n) is 5.24. The molecule has 34 heavy (non-hydrogen) atoms. The number of nitrogens with one attached hydrogen (secondary N) is 1. The predicted molar refractivity (Wildman–Crippen MR) is 139 cm³/mol. The van der Waals surface area contributed by atoms with Crippen LogP contribution in [0.2, 0.25) is 0 Å². The van der Waals surface area contributed by atoms with Gasteiger partial charge in [-0.15, -0.1) is 0 Å². The van der Waals surface area contributed by atoms with E-state index in [9.17, 15) is 19.5 Å². The van der Waals surface area contributed by atoms with Gasteiger partial charge in [0.25, 0.3) is 0 Å². The molecule has 0 fully saturated rings. The lowest BCUT2D eigenvalue weighted by Gasteiger charge is -2.39. The van der Waals surface area contributed by atoms with Crippen molar-refractivity contribution in [1.82, 2.24) is 10.2 Å². The van der Waals surface area contributed by atoms with Gasteiger partial charge in [-0.25, -0.2) is 4.79 Å². The minimum absolute atomic E-state index is 0.0164. The van der Waals surface area contributed by atoms with E-state index in [4.69, 9.17) is 11.5 Å². The fourth-order valence-corrected chi connectivity index (χ4v) is 4.27. The number of rotatable bonds is 12. The summed E-state index contributed by atoms with van der Waals surface area (Å²) in [6.07, 6.45) is 0.528. The molecule has 0 aromatic heterocycles. The molecule has 0 aliphatic heterocycles. The molecule has 2 aromatic rings. The minimum atomic E-state index is -1.96. The summed E-state index contributed by atoms with van der Waals surface area (Å²) in [6, 6.07) is 16.8. The van der Waals surface area contributed by atoms with E-state index >= 15 is 0 Å². The number of hydrogen-bond acceptors (Lipinski definition) is 5. The number of nitrogens with zero attached hydrogens (tertiary/aromatic N) is 2. The molecule has 2 amide bonds. The summed E-state index contributed by atoms with van der Waals surface area (Å²) in [7, 11) is 0. The number of aliphatic carboxylic acids is 1. The van der Waals surface area contributed by atoms with Gasteiger partial charge < -0.3 is 16.6 Å². The first-order valence-corrected chi connectivity index (χ1v) is 11.9. The Morgan fingerprint density at radius 3 is 2.35 bits per heavy atom. The molecule has 0 spiro atoms. The van der Waals surface area contributed by atoms with Gasteiger partial charge in [-0.3, -0.25) is 24.8 Å². The Hall–Kier alpha value is -2.99. The van der Waals surface area contributed by atoms with Gasteiger partial charge in [0.15, 0.2) is 11.6 Å². The van der Waals surface area contributed by atoms with Crippen LogP contribution in [-0.4, -0.2) is 46.0 Å². The number of benzene rings is 2. The number of aliphatic imine (C=N–C) groups is 1. The topological polar surface area (TPSA) is 151 Å². The highest BCUT2D eigenvalue weighted by atomic mass is 127. The van der Waals surface area contributed by atoms with Crippen LogP contribution in [0.1, 0.15) is 37.3 Å². The van der Waals surface area contributed by atoms with Crippen LogP contribution in [0.4, 0.5) is 0 Å². The maximum Gasteiger partial charge on any atom is 0.345 e. The smallest absolute Gasteiger partial charge is 0.345 e. The zero-order valence-corrected chi connectivity index (χ0v) is 21.2. The standard InChI is InChI=1S/C24H30IN5O4/c1-17(31)30(21(32)12-11-18-7-3-2-4-8-18)24(22(33)34,13-6-14-28-23(26)27)29-16-19-9-5-10-20(25)15-19/h2-5,7-10,15,29H,6,11-14,16H2,1H3,(H,33,34)(H4,26,27,28)/t24-/m0/s1. The van der Waals surface area contributed by atoms with E-state index in [-0.39, 0.29) is 38.3 Å². The molecule has 0 radical (unpaired) electrons. The van der Waals surface area contributed by atoms with Crippen molar-refractivity contribution in [3.63, 3.8) is 0 Å². The maximum absolute atomic E-state index is 13.2. The number of imide groups is 1. The van der Waals surface area contributed by atoms with Crippen LogP contribution in [0, 0.1) is 3.57 Å². The molecule has 2 aromatic carbocycles. The Balaban J connectivity index is 2.35. The van der Waals surface area contributed by atoms with Crippen molar-refractivity contribution in [3.05, 3.63) is 69.3 Å². The number of halogens is 1. The maximum atomic E-state index is 13.2. The van der Waals surface area contributed by atoms with Gasteiger partial charge in [-0.2, -0.15) is 0 Å². The second kappa shape index (κ2) is 13.0. The first kappa shape index (κ1) is 27.3. The molecule has 0 heterocycles. The van der Waals surface area contributed by atoms with E-state index in [2.05, 4.69) is 32.9 Å². The first-order valence-electron chi connectivity index (χ1n) is 10.8. The molecule has 0 saturated heterocycles. The van der Waals surface area contributed by atoms with Crippen LogP contribution in [0.15, 0.2) is 59.6 Å². The van der Waals surface area contributed by atoms with Crippen molar-refractivity contribution < 1.29 is 19.5 Å². The largest absolute Gasteiger partial charge is 0.478 e. The van der Waals surface area contributed by atoms with Crippen molar-refractivity contribution in [3.8, 4) is 0 Å². The van der Waals surface area contributed by atoms with E-state index in [0.29, 0.717) is 6.42 Å². The molecule has 0 unspecified atom stereocenters. The average Bonchev–Trinajstić information content (AvgIpc) is 2.78. The van der Waals surface area contributed by atoms with Crippen LogP contribution in [0.5, 0.6) is 0 Å². The van der Waals surface area contributed by atoms with E-state index in [1.807, 2.05) is 54.6 Å². The number of carboxylic acids is 1. The van der Waals surface area contributed by atoms with E-state index in [1.54, 1.807) is 0 Å². The van der Waals surface area contributed by atoms with Gasteiger partial charge in [-0.05, 0) is 65.1 Å². The third-order valence-corrected chi connectivity index (χ3v) is 5.91. The summed E-state index contributed by atoms with van der Waals surface area (Å²) in [5.74, 6) is -2.67. The van der Waals surface area contributed by atoms with Crippen LogP contribution < -0.4 is 16.8 Å². The zero-order chi connectivity index (χ0) is 25.1. The molecule has 0 saturated carbocycles. The van der Waals surface area contributed by atoms with Gasteiger partial charge in [-0.1, -0.05) is 42.5 Å². The number of nitrogens with two attached hydrogens (primary N) is 2. The van der Waals surface area contributed by atoms with E-state index < -0.39 is 23.4 Å². The summed E-state index contributed by atoms with van der Waals surface area (Å²) in [4.78, 5) is 43.3. The second-order valence-electron chi connectivity index (χ2n) is 7.79. The van der Waals surface area contributed by atoms with Gasteiger partial charge in [0.2, 0.25) is 11.8 Å². The molecule has 6 N–H and O–H groups in total. The highest BCUT2D eigenvalue weighted by molar-refractivity contribution is 14.1. The number of carboxylic acid groups (broad SMARTS) is 1. The number of carbonyl (C=O) groups excluding carboxylic acids is 2. The molecule has 0 aliphatic carbocycles. The van der Waals surface area contributed by atoms with Crippen LogP contribution >= 0.6 is 22.6 Å². The zero-order valence-electron chi connectivity index (χ0n) is 19.0. The molecule has 2 rings (SSSR count). The summed E-state index contributed by atoms with van der Waals surface area (Å²) >= 11 is 2.16. The summed E-state index contributed by atoms with van der Waals surface area (Å²) in [5, 5.41) is 13.3. The molecule has 10 heteroatoms. The average molecular weight is 579 g/mol. The van der Waals surface area contributed by atoms with Crippen LogP contribution in [0.25, 0.3) is 0 Å². The highest BCUT2D eigenvalue weighted by Crippen LogP contribution is 2.24. The fourth-order valence-electron chi connectivity index (χ4n) is 3.66. The molecule has 1 atom stereocenters. The number of guanidine groups is 1. The van der Waals surface area contributed by atoms with E-state index in [0.717, 1.165) is 19.6 Å². The monoisotopic (exact) mass is 579 g/mol. The number of aryl methyl sites for hydroxylation is 1. The Labute approximate surface area is 212 Å². The van der Waals surface area contributed by atoms with Crippen LogP contribution in [0.3, 0.4) is 0 Å². The Bertz CT molecular complexity index is 1030. The number of carbonyl (C=O) groups is 3. The predicted octanol–water partition coefficient (Wildman–Crippen LogP) is 2.22. The SMILES string of the molecule is CC(=O)N(C(=O)CCc1ccccc1)[C@](CCCN=C(N)N)(NCc1cccc(I)c1)C(=O)O. The number of amides is 2. The Kier molecular flexibility index (Phi) is 10.5. The van der Waals surface area contributed by atoms with Crippen molar-refractivity contribution in [2.75, 3.05) is 6.54 Å². The van der Waals surface area contributed by atoms with Gasteiger partial charge >= 0.3 is 5.97 Å². The molecule has 182 valence electrons. The van der Waals surface area contributed by atoms with E-state index in [1.165, 1.54) is 6.92 Å². The van der Waals surface area contributed by atoms with Crippen molar-refractivity contribution in [1.29, 1.82) is 0 Å². The molecule has 0 bridgehead atoms. The fraction of sp³-hybridized carbons (Fsp3) is 0.333. The lowest BCUT2D eigenvalue weighted by Crippen LogP contribution is -2.67. The lowest BCUT2D eigenvalue weighted by atomic mass is 9.98. The molecule has 9 nitrogen and oxygen atoms in total. The normalized spacial score (nSPS) is 12.4. The van der Waals surface area contributed by atoms with Gasteiger partial charge in [0.05, 0.1) is 0 Å². The minimum Gasteiger partial charge on any atom is -0.478 e. The van der Waals surface area contributed by atoms with Gasteiger partial charge in [0, 0.05) is 30.0 Å². The molecular weight excluding hydrogens is 549 g/mol. The van der Waals surface area contributed by atoms with Crippen molar-refractivity contribution in [2.45, 2.75) is 44.8 Å². The first-order chi connectivity index (χ1) is 16.2. The molecule has 0 aliphatic rings. The third kappa shape index (κ3) is 7.80.